The Kier molecular flexibility index (Phi) is 5.21. The van der Waals surface area contributed by atoms with Crippen molar-refractivity contribution in [2.75, 3.05) is 17.6 Å². The number of aliphatic hydroxyl groups excluding tert-OH is 1. The number of rotatable bonds is 7. The maximum atomic E-state index is 12.4. The van der Waals surface area contributed by atoms with E-state index in [0.717, 1.165) is 5.69 Å². The lowest BCUT2D eigenvalue weighted by Crippen LogP contribution is -2.29. The van der Waals surface area contributed by atoms with Crippen molar-refractivity contribution in [1.29, 1.82) is 0 Å². The van der Waals surface area contributed by atoms with Crippen LogP contribution < -0.4 is 16.4 Å². The molecule has 144 valence electrons. The molecular weight excluding hydrogens is 350 g/mol. The van der Waals surface area contributed by atoms with E-state index in [9.17, 15) is 9.90 Å². The summed E-state index contributed by atoms with van der Waals surface area (Å²) < 4.78 is 3.43. The van der Waals surface area contributed by atoms with Gasteiger partial charge in [-0.3, -0.25) is 9.48 Å². The van der Waals surface area contributed by atoms with Crippen LogP contribution in [0.3, 0.4) is 0 Å². The van der Waals surface area contributed by atoms with Crippen LogP contribution in [-0.4, -0.2) is 53.1 Å². The van der Waals surface area contributed by atoms with Gasteiger partial charge in [0.1, 0.15) is 11.9 Å². The summed E-state index contributed by atoms with van der Waals surface area (Å²) in [6.07, 6.45) is 0.789. The highest BCUT2D eigenvalue weighted by Gasteiger charge is 2.15. The topological polar surface area (TPSA) is 149 Å². The monoisotopic (exact) mass is 373 g/mol. The standard InChI is InChI=1S/C16H23N9O2/c1-4-25-11(7-9(2)23-25)15(27)18-5-6-24-8-19-12-13(20-10(3)26)21-16(17)22-14(12)24/h7-8,10,26H,4-6H2,1-3H3,(H,18,27)(H3,17,20,21,22). The molecule has 0 aromatic carbocycles. The number of imidazole rings is 1. The first kappa shape index (κ1) is 18.6. The van der Waals surface area contributed by atoms with Gasteiger partial charge in [0, 0.05) is 19.6 Å². The van der Waals surface area contributed by atoms with E-state index in [0.29, 0.717) is 42.3 Å². The second kappa shape index (κ2) is 7.58. The SMILES string of the molecule is CCn1nc(C)cc1C(=O)NCCn1cnc2c(NC(C)O)nc(N)nc21. The van der Waals surface area contributed by atoms with Crippen molar-refractivity contribution < 1.29 is 9.90 Å². The zero-order valence-electron chi connectivity index (χ0n) is 15.5. The van der Waals surface area contributed by atoms with Gasteiger partial charge >= 0.3 is 0 Å². The number of aryl methyl sites for hydroxylation is 2. The number of aromatic nitrogens is 6. The second-order valence-corrected chi connectivity index (χ2v) is 6.10. The van der Waals surface area contributed by atoms with E-state index in [1.165, 1.54) is 0 Å². The van der Waals surface area contributed by atoms with Gasteiger partial charge in [-0.1, -0.05) is 0 Å². The van der Waals surface area contributed by atoms with E-state index in [4.69, 9.17) is 5.73 Å². The zero-order chi connectivity index (χ0) is 19.6. The third-order valence-electron chi connectivity index (χ3n) is 3.90. The smallest absolute Gasteiger partial charge is 0.269 e. The summed E-state index contributed by atoms with van der Waals surface area (Å²) in [7, 11) is 0. The maximum absolute atomic E-state index is 12.4. The lowest BCUT2D eigenvalue weighted by Gasteiger charge is -2.10. The first-order valence-corrected chi connectivity index (χ1v) is 8.64. The van der Waals surface area contributed by atoms with Gasteiger partial charge in [-0.15, -0.1) is 0 Å². The minimum Gasteiger partial charge on any atom is -0.374 e. The van der Waals surface area contributed by atoms with E-state index in [2.05, 4.69) is 30.7 Å². The van der Waals surface area contributed by atoms with Crippen LogP contribution in [0.4, 0.5) is 11.8 Å². The fourth-order valence-corrected chi connectivity index (χ4v) is 2.77. The number of nitrogens with zero attached hydrogens (tertiary/aromatic N) is 6. The summed E-state index contributed by atoms with van der Waals surface area (Å²) in [4.78, 5) is 24.9. The van der Waals surface area contributed by atoms with Gasteiger partial charge in [0.15, 0.2) is 17.0 Å². The Morgan fingerprint density at radius 1 is 1.41 bits per heavy atom. The average molecular weight is 373 g/mol. The summed E-state index contributed by atoms with van der Waals surface area (Å²) in [6.45, 7) is 6.80. The Balaban J connectivity index is 1.72. The normalized spacial score (nSPS) is 12.3. The van der Waals surface area contributed by atoms with Crippen LogP contribution >= 0.6 is 0 Å². The number of hydrogen-bond acceptors (Lipinski definition) is 8. The Labute approximate surface area is 155 Å². The third kappa shape index (κ3) is 3.97. The summed E-state index contributed by atoms with van der Waals surface area (Å²) in [5.41, 5.74) is 8.10. The highest BCUT2D eigenvalue weighted by molar-refractivity contribution is 5.92. The van der Waals surface area contributed by atoms with Gasteiger partial charge in [-0.2, -0.15) is 15.1 Å². The highest BCUT2D eigenvalue weighted by Crippen LogP contribution is 2.20. The molecule has 0 aliphatic rings. The van der Waals surface area contributed by atoms with Gasteiger partial charge in [0.25, 0.3) is 5.91 Å². The quantitative estimate of drug-likeness (QED) is 0.427. The van der Waals surface area contributed by atoms with E-state index in [1.54, 1.807) is 28.6 Å². The van der Waals surface area contributed by atoms with Crippen LogP contribution in [0.1, 0.15) is 30.0 Å². The Morgan fingerprint density at radius 3 is 2.89 bits per heavy atom. The lowest BCUT2D eigenvalue weighted by atomic mass is 10.3. The molecule has 0 saturated carbocycles. The number of carbonyl (C=O) groups is 1. The molecule has 27 heavy (non-hydrogen) atoms. The molecule has 0 saturated heterocycles. The molecule has 0 spiro atoms. The van der Waals surface area contributed by atoms with Gasteiger partial charge in [0.2, 0.25) is 5.95 Å². The molecule has 3 aromatic rings. The second-order valence-electron chi connectivity index (χ2n) is 6.10. The lowest BCUT2D eigenvalue weighted by molar-refractivity contribution is 0.0941. The molecule has 0 fully saturated rings. The van der Waals surface area contributed by atoms with Crippen LogP contribution in [0.15, 0.2) is 12.4 Å². The van der Waals surface area contributed by atoms with Gasteiger partial charge in [-0.05, 0) is 26.8 Å². The summed E-state index contributed by atoms with van der Waals surface area (Å²) in [6, 6.07) is 1.76. The molecule has 3 aromatic heterocycles. The molecule has 3 rings (SSSR count). The molecule has 5 N–H and O–H groups in total. The molecule has 1 unspecified atom stereocenters. The average Bonchev–Trinajstić information content (AvgIpc) is 3.17. The van der Waals surface area contributed by atoms with Crippen molar-refractivity contribution in [3.05, 3.63) is 23.8 Å². The molecular formula is C16H23N9O2. The fourth-order valence-electron chi connectivity index (χ4n) is 2.77. The summed E-state index contributed by atoms with van der Waals surface area (Å²) >= 11 is 0. The molecule has 11 nitrogen and oxygen atoms in total. The van der Waals surface area contributed by atoms with Crippen LogP contribution in [-0.2, 0) is 13.1 Å². The Morgan fingerprint density at radius 2 is 2.19 bits per heavy atom. The molecule has 1 atom stereocenters. The molecule has 11 heteroatoms. The van der Waals surface area contributed by atoms with E-state index in [-0.39, 0.29) is 11.9 Å². The van der Waals surface area contributed by atoms with Crippen molar-refractivity contribution in [3.63, 3.8) is 0 Å². The number of nitrogens with two attached hydrogens (primary N) is 1. The first-order valence-electron chi connectivity index (χ1n) is 8.64. The zero-order valence-corrected chi connectivity index (χ0v) is 15.5. The molecule has 0 aliphatic carbocycles. The van der Waals surface area contributed by atoms with Crippen LogP contribution in [0.25, 0.3) is 11.2 Å². The van der Waals surface area contributed by atoms with Crippen LogP contribution in [0.2, 0.25) is 0 Å². The Bertz CT molecular complexity index is 960. The minimum absolute atomic E-state index is 0.0683. The molecule has 0 aliphatic heterocycles. The van der Waals surface area contributed by atoms with Crippen LogP contribution in [0.5, 0.6) is 0 Å². The predicted octanol–water partition coefficient (Wildman–Crippen LogP) is 0.114. The number of carbonyl (C=O) groups excluding carboxylic acids is 1. The number of amides is 1. The van der Waals surface area contributed by atoms with E-state index in [1.807, 2.05) is 13.8 Å². The highest BCUT2D eigenvalue weighted by atomic mass is 16.3. The van der Waals surface area contributed by atoms with Gasteiger partial charge in [0.05, 0.1) is 12.0 Å². The third-order valence-corrected chi connectivity index (χ3v) is 3.90. The number of aliphatic hydroxyl groups is 1. The van der Waals surface area contributed by atoms with Gasteiger partial charge in [-0.25, -0.2) is 4.98 Å². The number of nitrogen functional groups attached to an aromatic ring is 1. The number of hydrogen-bond donors (Lipinski definition) is 4. The Hall–Kier alpha value is -3.21. The first-order chi connectivity index (χ1) is 12.9. The van der Waals surface area contributed by atoms with Crippen molar-refractivity contribution in [3.8, 4) is 0 Å². The number of fused-ring (bicyclic) bond motifs is 1. The number of anilines is 2. The summed E-state index contributed by atoms with van der Waals surface area (Å²) in [5.74, 6) is 0.240. The fraction of sp³-hybridized carbons (Fsp3) is 0.438. The molecule has 0 radical (unpaired) electrons. The summed E-state index contributed by atoms with van der Waals surface area (Å²) in [5, 5.41) is 19.4. The maximum Gasteiger partial charge on any atom is 0.269 e. The molecule has 1 amide bonds. The number of nitrogens with one attached hydrogen (secondary N) is 2. The molecule has 3 heterocycles. The predicted molar refractivity (Wildman–Crippen MR) is 100 cm³/mol. The van der Waals surface area contributed by atoms with Crippen LogP contribution in [0, 0.1) is 6.92 Å². The van der Waals surface area contributed by atoms with Crippen molar-refractivity contribution in [2.45, 2.75) is 40.1 Å². The molecule has 0 bridgehead atoms. The van der Waals surface area contributed by atoms with Gasteiger partial charge < -0.3 is 26.0 Å². The van der Waals surface area contributed by atoms with E-state index >= 15 is 0 Å². The van der Waals surface area contributed by atoms with E-state index < -0.39 is 6.23 Å². The largest absolute Gasteiger partial charge is 0.374 e. The van der Waals surface area contributed by atoms with Crippen molar-refractivity contribution in [2.24, 2.45) is 0 Å². The van der Waals surface area contributed by atoms with Crippen molar-refractivity contribution >= 4 is 28.8 Å². The van der Waals surface area contributed by atoms with Crippen molar-refractivity contribution in [1.82, 2.24) is 34.6 Å². The minimum atomic E-state index is -0.807.